The summed E-state index contributed by atoms with van der Waals surface area (Å²) in [5.74, 6) is 0.241. The second kappa shape index (κ2) is 9.48. The normalized spacial score (nSPS) is 10.4. The van der Waals surface area contributed by atoms with Crippen LogP contribution in [0.4, 0.5) is 11.6 Å². The minimum absolute atomic E-state index is 0.183. The molecule has 2 aromatic carbocycles. The first-order valence-electron chi connectivity index (χ1n) is 9.26. The first-order chi connectivity index (χ1) is 13.3. The molecule has 0 saturated carbocycles. The SMILES string of the molecule is CCc1ccccc1Nc1nccc(C(=O)NCCCc2ccccc2)n1. The third-order valence-corrected chi connectivity index (χ3v) is 4.30. The van der Waals surface area contributed by atoms with Crippen molar-refractivity contribution in [3.05, 3.63) is 83.7 Å². The highest BCUT2D eigenvalue weighted by Crippen LogP contribution is 2.18. The van der Waals surface area contributed by atoms with Crippen molar-refractivity contribution in [1.29, 1.82) is 0 Å². The Labute approximate surface area is 159 Å². The van der Waals surface area contributed by atoms with Crippen LogP contribution < -0.4 is 10.6 Å². The summed E-state index contributed by atoms with van der Waals surface area (Å²) in [5.41, 5.74) is 3.77. The van der Waals surface area contributed by atoms with Crippen LogP contribution in [0.15, 0.2) is 66.9 Å². The van der Waals surface area contributed by atoms with Gasteiger partial charge in [0, 0.05) is 18.4 Å². The van der Waals surface area contributed by atoms with Crippen LogP contribution in [0.25, 0.3) is 0 Å². The van der Waals surface area contributed by atoms with Crippen LogP contribution in [0.2, 0.25) is 0 Å². The van der Waals surface area contributed by atoms with Crippen LogP contribution in [0.1, 0.15) is 35.0 Å². The highest BCUT2D eigenvalue weighted by molar-refractivity contribution is 5.92. The van der Waals surface area contributed by atoms with Gasteiger partial charge >= 0.3 is 0 Å². The average Bonchev–Trinajstić information content (AvgIpc) is 2.72. The van der Waals surface area contributed by atoms with E-state index in [1.54, 1.807) is 12.3 Å². The van der Waals surface area contributed by atoms with Gasteiger partial charge in [-0.05, 0) is 42.5 Å². The lowest BCUT2D eigenvalue weighted by molar-refractivity contribution is 0.0948. The van der Waals surface area contributed by atoms with E-state index in [0.717, 1.165) is 24.9 Å². The molecule has 5 nitrogen and oxygen atoms in total. The summed E-state index contributed by atoms with van der Waals surface area (Å²) in [7, 11) is 0. The number of hydrogen-bond acceptors (Lipinski definition) is 4. The van der Waals surface area contributed by atoms with Crippen LogP contribution in [0, 0.1) is 0 Å². The number of hydrogen-bond donors (Lipinski definition) is 2. The summed E-state index contributed by atoms with van der Waals surface area (Å²) in [5, 5.41) is 6.13. The smallest absolute Gasteiger partial charge is 0.270 e. The van der Waals surface area contributed by atoms with Crippen molar-refractivity contribution in [3.63, 3.8) is 0 Å². The van der Waals surface area contributed by atoms with Gasteiger partial charge in [-0.15, -0.1) is 0 Å². The van der Waals surface area contributed by atoms with Gasteiger partial charge in [0.1, 0.15) is 5.69 Å². The predicted octanol–water partition coefficient (Wildman–Crippen LogP) is 4.15. The van der Waals surface area contributed by atoms with Gasteiger partial charge in [-0.25, -0.2) is 9.97 Å². The van der Waals surface area contributed by atoms with Crippen molar-refractivity contribution < 1.29 is 4.79 Å². The lowest BCUT2D eigenvalue weighted by Crippen LogP contribution is -2.26. The molecule has 0 radical (unpaired) electrons. The van der Waals surface area contributed by atoms with Gasteiger partial charge in [0.2, 0.25) is 5.95 Å². The summed E-state index contributed by atoms with van der Waals surface area (Å²) < 4.78 is 0. The Kier molecular flexibility index (Phi) is 6.52. The molecule has 0 aliphatic heterocycles. The number of aromatic nitrogens is 2. The van der Waals surface area contributed by atoms with E-state index in [1.807, 2.05) is 36.4 Å². The molecule has 0 atom stereocenters. The molecule has 0 spiro atoms. The van der Waals surface area contributed by atoms with Crippen LogP contribution in [0.5, 0.6) is 0 Å². The minimum Gasteiger partial charge on any atom is -0.351 e. The van der Waals surface area contributed by atoms with Crippen molar-refractivity contribution in [2.24, 2.45) is 0 Å². The molecule has 0 bridgehead atoms. The third kappa shape index (κ3) is 5.38. The van der Waals surface area contributed by atoms with Crippen LogP contribution in [-0.4, -0.2) is 22.4 Å². The molecule has 3 aromatic rings. The lowest BCUT2D eigenvalue weighted by atomic mass is 10.1. The second-order valence-corrected chi connectivity index (χ2v) is 6.25. The summed E-state index contributed by atoms with van der Waals surface area (Å²) in [4.78, 5) is 20.9. The van der Waals surface area contributed by atoms with E-state index in [4.69, 9.17) is 0 Å². The van der Waals surface area contributed by atoms with Gasteiger partial charge < -0.3 is 10.6 Å². The predicted molar refractivity (Wildman–Crippen MR) is 108 cm³/mol. The maximum atomic E-state index is 12.4. The molecule has 27 heavy (non-hydrogen) atoms. The number of rotatable bonds is 8. The quantitative estimate of drug-likeness (QED) is 0.592. The monoisotopic (exact) mass is 360 g/mol. The van der Waals surface area contributed by atoms with E-state index >= 15 is 0 Å². The standard InChI is InChI=1S/C22H24N4O/c1-2-18-12-6-7-13-19(18)25-22-24-16-14-20(26-22)21(27)23-15-8-11-17-9-4-3-5-10-17/h3-7,9-10,12-14,16H,2,8,11,15H2,1H3,(H,23,27)(H,24,25,26). The van der Waals surface area contributed by atoms with Crippen molar-refractivity contribution in [1.82, 2.24) is 15.3 Å². The van der Waals surface area contributed by atoms with E-state index in [-0.39, 0.29) is 5.91 Å². The Balaban J connectivity index is 1.55. The van der Waals surface area contributed by atoms with Crippen LogP contribution in [-0.2, 0) is 12.8 Å². The Morgan fingerprint density at radius 3 is 2.59 bits per heavy atom. The van der Waals surface area contributed by atoms with Gasteiger partial charge in [0.05, 0.1) is 0 Å². The molecule has 0 unspecified atom stereocenters. The Morgan fingerprint density at radius 1 is 1.00 bits per heavy atom. The lowest BCUT2D eigenvalue weighted by Gasteiger charge is -2.10. The summed E-state index contributed by atoms with van der Waals surface area (Å²) in [6.45, 7) is 2.71. The molecule has 0 aliphatic rings. The molecule has 5 heteroatoms. The number of amides is 1. The van der Waals surface area contributed by atoms with Gasteiger partial charge in [0.15, 0.2) is 0 Å². The molecule has 1 amide bonds. The number of para-hydroxylation sites is 1. The van der Waals surface area contributed by atoms with Crippen molar-refractivity contribution >= 4 is 17.5 Å². The zero-order chi connectivity index (χ0) is 18.9. The molecular formula is C22H24N4O. The maximum absolute atomic E-state index is 12.4. The zero-order valence-electron chi connectivity index (χ0n) is 15.5. The molecule has 1 heterocycles. The minimum atomic E-state index is -0.183. The van der Waals surface area contributed by atoms with Crippen molar-refractivity contribution in [3.8, 4) is 0 Å². The third-order valence-electron chi connectivity index (χ3n) is 4.30. The van der Waals surface area contributed by atoms with Crippen molar-refractivity contribution in [2.75, 3.05) is 11.9 Å². The van der Waals surface area contributed by atoms with Crippen LogP contribution in [0.3, 0.4) is 0 Å². The largest absolute Gasteiger partial charge is 0.351 e. The highest BCUT2D eigenvalue weighted by Gasteiger charge is 2.09. The summed E-state index contributed by atoms with van der Waals surface area (Å²) in [6.07, 6.45) is 4.33. The molecule has 2 N–H and O–H groups in total. The van der Waals surface area contributed by atoms with Gasteiger partial charge in [-0.1, -0.05) is 55.5 Å². The number of nitrogens with zero attached hydrogens (tertiary/aromatic N) is 2. The fourth-order valence-electron chi connectivity index (χ4n) is 2.85. The molecule has 138 valence electrons. The van der Waals surface area contributed by atoms with Gasteiger partial charge in [-0.2, -0.15) is 0 Å². The zero-order valence-corrected chi connectivity index (χ0v) is 15.5. The molecule has 1 aromatic heterocycles. The molecule has 0 saturated heterocycles. The van der Waals surface area contributed by atoms with Gasteiger partial charge in [0.25, 0.3) is 5.91 Å². The fraction of sp³-hybridized carbons (Fsp3) is 0.227. The second-order valence-electron chi connectivity index (χ2n) is 6.25. The molecular weight excluding hydrogens is 336 g/mol. The Morgan fingerprint density at radius 2 is 1.78 bits per heavy atom. The number of aryl methyl sites for hydroxylation is 2. The Bertz CT molecular complexity index is 880. The Hall–Kier alpha value is -3.21. The number of anilines is 2. The molecule has 0 fully saturated rings. The number of carbonyl (C=O) groups is 1. The maximum Gasteiger partial charge on any atom is 0.270 e. The first kappa shape index (κ1) is 18.6. The summed E-state index contributed by atoms with van der Waals surface area (Å²) in [6, 6.07) is 19.9. The van der Waals surface area contributed by atoms with E-state index < -0.39 is 0 Å². The highest BCUT2D eigenvalue weighted by atomic mass is 16.1. The molecule has 3 rings (SSSR count). The van der Waals surface area contributed by atoms with E-state index in [0.29, 0.717) is 18.2 Å². The number of carbonyl (C=O) groups excluding carboxylic acids is 1. The van der Waals surface area contributed by atoms with Crippen molar-refractivity contribution in [2.45, 2.75) is 26.2 Å². The average molecular weight is 360 g/mol. The van der Waals surface area contributed by atoms with E-state index in [9.17, 15) is 4.79 Å². The fourth-order valence-corrected chi connectivity index (χ4v) is 2.85. The number of benzene rings is 2. The van der Waals surface area contributed by atoms with E-state index in [1.165, 1.54) is 11.1 Å². The van der Waals surface area contributed by atoms with E-state index in [2.05, 4.69) is 45.7 Å². The van der Waals surface area contributed by atoms with Gasteiger partial charge in [-0.3, -0.25) is 4.79 Å². The number of nitrogens with one attached hydrogen (secondary N) is 2. The van der Waals surface area contributed by atoms with Crippen LogP contribution >= 0.6 is 0 Å². The summed E-state index contributed by atoms with van der Waals surface area (Å²) >= 11 is 0. The molecule has 0 aliphatic carbocycles. The topological polar surface area (TPSA) is 66.9 Å². The first-order valence-corrected chi connectivity index (χ1v) is 9.26.